The van der Waals surface area contributed by atoms with E-state index in [1.165, 1.54) is 6.42 Å². The summed E-state index contributed by atoms with van der Waals surface area (Å²) in [6.07, 6.45) is 5.27. The second-order valence-electron chi connectivity index (χ2n) is 8.32. The molecule has 0 aliphatic carbocycles. The van der Waals surface area contributed by atoms with Crippen LogP contribution in [0.1, 0.15) is 55.2 Å². The summed E-state index contributed by atoms with van der Waals surface area (Å²) in [7, 11) is 0. The number of benzene rings is 2. The van der Waals surface area contributed by atoms with Crippen LogP contribution in [0.5, 0.6) is 5.75 Å². The molecule has 3 aromatic rings. The van der Waals surface area contributed by atoms with E-state index < -0.39 is 0 Å². The molecule has 0 saturated carbocycles. The molecule has 8 heteroatoms. The van der Waals surface area contributed by atoms with Crippen molar-refractivity contribution in [3.63, 3.8) is 0 Å². The van der Waals surface area contributed by atoms with E-state index in [2.05, 4.69) is 25.4 Å². The quantitative estimate of drug-likeness (QED) is 0.465. The number of hydrogen-bond donors (Lipinski definition) is 2. The van der Waals surface area contributed by atoms with Crippen LogP contribution in [0.4, 0.5) is 5.69 Å². The first-order chi connectivity index (χ1) is 16.7. The van der Waals surface area contributed by atoms with E-state index >= 15 is 0 Å². The van der Waals surface area contributed by atoms with Gasteiger partial charge in [0, 0.05) is 37.2 Å². The predicted molar refractivity (Wildman–Crippen MR) is 131 cm³/mol. The minimum atomic E-state index is -0.204. The molecule has 1 aliphatic rings. The molecule has 0 unspecified atom stereocenters. The third-order valence-corrected chi connectivity index (χ3v) is 5.81. The van der Waals surface area contributed by atoms with Gasteiger partial charge in [-0.25, -0.2) is 0 Å². The molecule has 0 atom stereocenters. The van der Waals surface area contributed by atoms with E-state index in [0.717, 1.165) is 48.7 Å². The lowest BCUT2D eigenvalue weighted by molar-refractivity contribution is -0.116. The molecule has 2 N–H and O–H groups in total. The van der Waals surface area contributed by atoms with Crippen molar-refractivity contribution in [1.29, 1.82) is 0 Å². The first-order valence-corrected chi connectivity index (χ1v) is 12.0. The summed E-state index contributed by atoms with van der Waals surface area (Å²) in [5.41, 5.74) is 2.17. The third-order valence-electron chi connectivity index (χ3n) is 5.81. The first-order valence-electron chi connectivity index (χ1n) is 12.0. The summed E-state index contributed by atoms with van der Waals surface area (Å²) in [4.78, 5) is 24.9. The molecule has 0 fully saturated rings. The Balaban J connectivity index is 1.28. The van der Waals surface area contributed by atoms with Crippen LogP contribution in [0.3, 0.4) is 0 Å². The maximum absolute atomic E-state index is 12.5. The van der Waals surface area contributed by atoms with Crippen molar-refractivity contribution < 1.29 is 14.3 Å². The zero-order valence-corrected chi connectivity index (χ0v) is 19.5. The van der Waals surface area contributed by atoms with Gasteiger partial charge in [-0.05, 0) is 50.5 Å². The van der Waals surface area contributed by atoms with Crippen molar-refractivity contribution in [2.75, 3.05) is 18.5 Å². The van der Waals surface area contributed by atoms with Gasteiger partial charge in [0.2, 0.25) is 5.91 Å². The largest absolute Gasteiger partial charge is 0.493 e. The Bertz CT molecular complexity index is 1140. The summed E-state index contributed by atoms with van der Waals surface area (Å²) < 4.78 is 7.70. The number of fused-ring (bicyclic) bond motifs is 1. The van der Waals surface area contributed by atoms with Crippen LogP contribution < -0.4 is 15.4 Å². The first kappa shape index (κ1) is 23.5. The van der Waals surface area contributed by atoms with Crippen LogP contribution in [0.15, 0.2) is 48.5 Å². The number of para-hydroxylation sites is 1. The number of nitrogens with zero attached hydrogens (tertiary/aromatic N) is 3. The lowest BCUT2D eigenvalue weighted by atomic mass is 10.1. The van der Waals surface area contributed by atoms with Crippen LogP contribution in [-0.4, -0.2) is 39.7 Å². The molecule has 34 heavy (non-hydrogen) atoms. The van der Waals surface area contributed by atoms with Gasteiger partial charge in [0.05, 0.1) is 12.2 Å². The Hall–Kier alpha value is -3.68. The number of ether oxygens (including phenoxy) is 1. The summed E-state index contributed by atoms with van der Waals surface area (Å²) in [5, 5.41) is 14.6. The number of aromatic nitrogens is 3. The molecule has 2 aromatic carbocycles. The fraction of sp³-hybridized carbons (Fsp3) is 0.385. The highest BCUT2D eigenvalue weighted by Crippen LogP contribution is 2.25. The molecule has 178 valence electrons. The SMILES string of the molecule is CCOc1ccccc1C(=O)NCCCC(=O)Nc1cccc(-c2nnc3n2CCCCC3)c1. The van der Waals surface area contributed by atoms with Crippen molar-refractivity contribution in [2.24, 2.45) is 0 Å². The topological polar surface area (TPSA) is 98.1 Å². The van der Waals surface area contributed by atoms with E-state index in [1.54, 1.807) is 18.2 Å². The molecular weight excluding hydrogens is 430 g/mol. The maximum Gasteiger partial charge on any atom is 0.255 e. The fourth-order valence-electron chi connectivity index (χ4n) is 4.14. The van der Waals surface area contributed by atoms with E-state index in [-0.39, 0.29) is 11.8 Å². The van der Waals surface area contributed by atoms with Gasteiger partial charge < -0.3 is 19.9 Å². The highest BCUT2D eigenvalue weighted by atomic mass is 16.5. The molecule has 1 aromatic heterocycles. The van der Waals surface area contributed by atoms with Crippen molar-refractivity contribution in [1.82, 2.24) is 20.1 Å². The van der Waals surface area contributed by atoms with Gasteiger partial charge in [-0.1, -0.05) is 30.7 Å². The molecule has 2 amide bonds. The van der Waals surface area contributed by atoms with Gasteiger partial charge in [0.15, 0.2) is 5.82 Å². The second-order valence-corrected chi connectivity index (χ2v) is 8.32. The van der Waals surface area contributed by atoms with Gasteiger partial charge in [-0.15, -0.1) is 10.2 Å². The summed E-state index contributed by atoms with van der Waals surface area (Å²) in [5.74, 6) is 2.14. The molecule has 8 nitrogen and oxygen atoms in total. The highest BCUT2D eigenvalue weighted by Gasteiger charge is 2.16. The minimum absolute atomic E-state index is 0.0961. The summed E-state index contributed by atoms with van der Waals surface area (Å²) >= 11 is 0. The predicted octanol–water partition coefficient (Wildman–Crippen LogP) is 4.22. The zero-order valence-electron chi connectivity index (χ0n) is 19.5. The zero-order chi connectivity index (χ0) is 23.8. The average molecular weight is 462 g/mol. The van der Waals surface area contributed by atoms with Crippen molar-refractivity contribution in [3.8, 4) is 17.1 Å². The maximum atomic E-state index is 12.5. The van der Waals surface area contributed by atoms with Crippen LogP contribution >= 0.6 is 0 Å². The Morgan fingerprint density at radius 2 is 1.94 bits per heavy atom. The number of nitrogens with one attached hydrogen (secondary N) is 2. The number of carbonyl (C=O) groups is 2. The summed E-state index contributed by atoms with van der Waals surface area (Å²) in [6.45, 7) is 3.70. The van der Waals surface area contributed by atoms with E-state index in [1.807, 2.05) is 37.3 Å². The number of hydrogen-bond acceptors (Lipinski definition) is 5. The Morgan fingerprint density at radius 3 is 2.82 bits per heavy atom. The molecular formula is C26H31N5O3. The Morgan fingerprint density at radius 1 is 1.06 bits per heavy atom. The monoisotopic (exact) mass is 461 g/mol. The number of rotatable bonds is 9. The van der Waals surface area contributed by atoms with Crippen molar-refractivity contribution in [3.05, 3.63) is 59.9 Å². The number of aryl methyl sites for hydroxylation is 1. The lowest BCUT2D eigenvalue weighted by Gasteiger charge is -2.11. The smallest absolute Gasteiger partial charge is 0.255 e. The number of anilines is 1. The lowest BCUT2D eigenvalue weighted by Crippen LogP contribution is -2.26. The van der Waals surface area contributed by atoms with Crippen molar-refractivity contribution >= 4 is 17.5 Å². The Kier molecular flexibility index (Phi) is 7.91. The van der Waals surface area contributed by atoms with Crippen LogP contribution in [0.2, 0.25) is 0 Å². The van der Waals surface area contributed by atoms with Gasteiger partial charge in [-0.3, -0.25) is 9.59 Å². The van der Waals surface area contributed by atoms with Crippen LogP contribution in [-0.2, 0) is 17.8 Å². The molecule has 0 spiro atoms. The Labute approximate surface area is 199 Å². The van der Waals surface area contributed by atoms with Crippen molar-refractivity contribution in [2.45, 2.75) is 52.0 Å². The molecule has 0 saturated heterocycles. The van der Waals surface area contributed by atoms with Gasteiger partial charge in [0.1, 0.15) is 11.6 Å². The second kappa shape index (κ2) is 11.4. The fourth-order valence-corrected chi connectivity index (χ4v) is 4.14. The normalized spacial score (nSPS) is 13.0. The van der Waals surface area contributed by atoms with Crippen LogP contribution in [0.25, 0.3) is 11.4 Å². The molecule has 2 heterocycles. The summed E-state index contributed by atoms with van der Waals surface area (Å²) in [6, 6.07) is 14.9. The number of amides is 2. The van der Waals surface area contributed by atoms with Gasteiger partial charge in [-0.2, -0.15) is 0 Å². The molecule has 0 radical (unpaired) electrons. The van der Waals surface area contributed by atoms with E-state index in [9.17, 15) is 9.59 Å². The number of carbonyl (C=O) groups excluding carboxylic acids is 2. The molecule has 4 rings (SSSR count). The molecule has 1 aliphatic heterocycles. The standard InChI is InChI=1S/C26H31N5O3/c1-2-34-22-13-6-5-12-21(22)26(33)27-16-9-15-24(32)28-20-11-8-10-19(18-20)25-30-29-23-14-4-3-7-17-31(23)25/h5-6,8,10-13,18H,2-4,7,9,14-17H2,1H3,(H,27,33)(H,28,32). The minimum Gasteiger partial charge on any atom is -0.493 e. The van der Waals surface area contributed by atoms with Gasteiger partial charge in [0.25, 0.3) is 5.91 Å². The highest BCUT2D eigenvalue weighted by molar-refractivity contribution is 5.97. The third kappa shape index (κ3) is 5.81. The molecule has 0 bridgehead atoms. The van der Waals surface area contributed by atoms with E-state index in [0.29, 0.717) is 37.3 Å². The average Bonchev–Trinajstić information content (AvgIpc) is 3.10. The van der Waals surface area contributed by atoms with E-state index in [4.69, 9.17) is 4.74 Å². The van der Waals surface area contributed by atoms with Crippen LogP contribution in [0, 0.1) is 0 Å². The van der Waals surface area contributed by atoms with Gasteiger partial charge >= 0.3 is 0 Å².